The monoisotopic (exact) mass is 338 g/mol. The highest BCUT2D eigenvalue weighted by molar-refractivity contribution is 9.10. The van der Waals surface area contributed by atoms with Gasteiger partial charge in [-0.25, -0.2) is 0 Å². The molecule has 0 atom stereocenters. The maximum absolute atomic E-state index is 11.1. The van der Waals surface area contributed by atoms with Crippen LogP contribution in [0.1, 0.15) is 22.3 Å². The summed E-state index contributed by atoms with van der Waals surface area (Å²) in [6.07, 6.45) is 1.83. The van der Waals surface area contributed by atoms with Gasteiger partial charge in [0.25, 0.3) is 5.24 Å². The first-order valence-corrected chi connectivity index (χ1v) is 6.49. The largest absolute Gasteiger partial charge is 0.276 e. The van der Waals surface area contributed by atoms with E-state index in [4.69, 9.17) is 11.6 Å². The van der Waals surface area contributed by atoms with Crippen molar-refractivity contribution >= 4 is 48.7 Å². The van der Waals surface area contributed by atoms with Gasteiger partial charge in [0.2, 0.25) is 0 Å². The molecule has 0 aliphatic carbocycles. The van der Waals surface area contributed by atoms with Crippen LogP contribution in [-0.4, -0.2) is 10.6 Å². The smallest absolute Gasteiger partial charge is 0.252 e. The summed E-state index contributed by atoms with van der Waals surface area (Å²) >= 11 is 12.3. The van der Waals surface area contributed by atoms with Crippen molar-refractivity contribution in [1.82, 2.24) is 0 Å². The number of alkyl halides is 1. The molecule has 1 nitrogen and oxygen atoms in total. The minimum absolute atomic E-state index is 0.393. The molecule has 0 spiro atoms. The first kappa shape index (κ1) is 12.2. The first-order valence-electron chi connectivity index (χ1n) is 4.20. The van der Waals surface area contributed by atoms with Crippen LogP contribution in [0.4, 0.5) is 0 Å². The fraction of sp³-hybridized carbons (Fsp3) is 0.300. The van der Waals surface area contributed by atoms with Crippen molar-refractivity contribution in [3.05, 3.63) is 33.8 Å². The summed E-state index contributed by atoms with van der Waals surface area (Å²) in [5.74, 6) is 0. The summed E-state index contributed by atoms with van der Waals surface area (Å²) < 4.78 is 0.949. The second kappa shape index (κ2) is 5.89. The Balaban J connectivity index is 3.02. The Hall–Kier alpha value is 0.140. The molecule has 76 valence electrons. The molecule has 0 fully saturated rings. The van der Waals surface area contributed by atoms with Gasteiger partial charge in [-0.1, -0.05) is 37.9 Å². The zero-order valence-corrected chi connectivity index (χ0v) is 11.3. The van der Waals surface area contributed by atoms with Crippen molar-refractivity contribution in [3.63, 3.8) is 0 Å². The van der Waals surface area contributed by atoms with Crippen LogP contribution in [0.15, 0.2) is 22.7 Å². The van der Waals surface area contributed by atoms with E-state index in [0.717, 1.165) is 28.2 Å². The lowest BCUT2D eigenvalue weighted by molar-refractivity contribution is 0.108. The molecule has 0 bridgehead atoms. The third-order valence-corrected chi connectivity index (χ3v) is 3.40. The van der Waals surface area contributed by atoms with E-state index in [9.17, 15) is 4.79 Å². The number of carbonyl (C=O) groups excluding carboxylic acids is 1. The van der Waals surface area contributed by atoms with Crippen LogP contribution in [0.25, 0.3) is 0 Å². The van der Waals surface area contributed by atoms with Crippen LogP contribution >= 0.6 is 43.5 Å². The van der Waals surface area contributed by atoms with Crippen molar-refractivity contribution in [2.24, 2.45) is 0 Å². The molecular weight excluding hydrogens is 331 g/mol. The van der Waals surface area contributed by atoms with Crippen LogP contribution < -0.4 is 0 Å². The number of carbonyl (C=O) groups is 1. The molecule has 0 aliphatic rings. The molecule has 0 radical (unpaired) electrons. The van der Waals surface area contributed by atoms with Gasteiger partial charge >= 0.3 is 0 Å². The molecule has 1 aromatic carbocycles. The van der Waals surface area contributed by atoms with Crippen molar-refractivity contribution in [1.29, 1.82) is 0 Å². The summed E-state index contributed by atoms with van der Waals surface area (Å²) in [6.45, 7) is 0. The molecule has 0 heterocycles. The Morgan fingerprint density at radius 1 is 1.43 bits per heavy atom. The Morgan fingerprint density at radius 2 is 2.14 bits per heavy atom. The molecule has 4 heteroatoms. The second-order valence-electron chi connectivity index (χ2n) is 2.83. The summed E-state index contributed by atoms with van der Waals surface area (Å²) in [5, 5.41) is 0.528. The Bertz CT molecular complexity index is 339. The fourth-order valence-corrected chi connectivity index (χ4v) is 2.26. The van der Waals surface area contributed by atoms with Gasteiger partial charge in [0.1, 0.15) is 0 Å². The highest BCUT2D eigenvalue weighted by atomic mass is 79.9. The average Bonchev–Trinajstić information content (AvgIpc) is 2.15. The van der Waals surface area contributed by atoms with E-state index < -0.39 is 5.24 Å². The van der Waals surface area contributed by atoms with Crippen LogP contribution in [0, 0.1) is 0 Å². The van der Waals surface area contributed by atoms with Crippen LogP contribution in [0.3, 0.4) is 0 Å². The third-order valence-electron chi connectivity index (χ3n) is 1.89. The number of rotatable bonds is 4. The SMILES string of the molecule is O=C(Cl)c1cccc(Br)c1CCCBr. The van der Waals surface area contributed by atoms with Crippen LogP contribution in [0.2, 0.25) is 0 Å². The molecule has 1 rings (SSSR count). The minimum Gasteiger partial charge on any atom is -0.276 e. The van der Waals surface area contributed by atoms with Crippen molar-refractivity contribution < 1.29 is 4.79 Å². The van der Waals surface area contributed by atoms with E-state index in [-0.39, 0.29) is 0 Å². The fourth-order valence-electron chi connectivity index (χ4n) is 1.24. The topological polar surface area (TPSA) is 17.1 Å². The molecule has 0 unspecified atom stereocenters. The van der Waals surface area contributed by atoms with E-state index in [1.165, 1.54) is 0 Å². The molecule has 0 aliphatic heterocycles. The highest BCUT2D eigenvalue weighted by Gasteiger charge is 2.10. The molecule has 0 amide bonds. The van der Waals surface area contributed by atoms with Gasteiger partial charge in [0.15, 0.2) is 0 Å². The number of hydrogen-bond donors (Lipinski definition) is 0. The van der Waals surface area contributed by atoms with Crippen LogP contribution in [-0.2, 0) is 6.42 Å². The number of hydrogen-bond acceptors (Lipinski definition) is 1. The van der Waals surface area contributed by atoms with E-state index in [0.29, 0.717) is 5.56 Å². The van der Waals surface area contributed by atoms with Crippen molar-refractivity contribution in [2.75, 3.05) is 5.33 Å². The first-order chi connectivity index (χ1) is 6.66. The highest BCUT2D eigenvalue weighted by Crippen LogP contribution is 2.23. The van der Waals surface area contributed by atoms with E-state index in [1.807, 2.05) is 12.1 Å². The van der Waals surface area contributed by atoms with Gasteiger partial charge in [-0.15, -0.1) is 0 Å². The maximum Gasteiger partial charge on any atom is 0.252 e. The number of benzene rings is 1. The van der Waals surface area contributed by atoms with Crippen LogP contribution in [0.5, 0.6) is 0 Å². The predicted molar refractivity (Wildman–Crippen MR) is 66.4 cm³/mol. The standard InChI is InChI=1S/C10H9Br2ClO/c11-6-2-4-7-8(10(13)14)3-1-5-9(7)12/h1,3,5H,2,4,6H2. The van der Waals surface area contributed by atoms with Gasteiger partial charge in [-0.2, -0.15) is 0 Å². The summed E-state index contributed by atoms with van der Waals surface area (Å²) in [4.78, 5) is 11.1. The molecule has 0 aromatic heterocycles. The van der Waals surface area contributed by atoms with E-state index in [2.05, 4.69) is 31.9 Å². The number of halogens is 3. The quantitative estimate of drug-likeness (QED) is 0.594. The van der Waals surface area contributed by atoms with Crippen molar-refractivity contribution in [3.8, 4) is 0 Å². The minimum atomic E-state index is -0.393. The normalized spacial score (nSPS) is 10.2. The molecule has 0 saturated carbocycles. The molecule has 14 heavy (non-hydrogen) atoms. The average molecular weight is 340 g/mol. The zero-order valence-electron chi connectivity index (χ0n) is 7.40. The summed E-state index contributed by atoms with van der Waals surface area (Å²) in [7, 11) is 0. The van der Waals surface area contributed by atoms with Gasteiger partial charge in [0.05, 0.1) is 0 Å². The summed E-state index contributed by atoms with van der Waals surface area (Å²) in [5.41, 5.74) is 1.59. The Morgan fingerprint density at radius 3 is 2.71 bits per heavy atom. The third kappa shape index (κ3) is 3.07. The lowest BCUT2D eigenvalue weighted by Crippen LogP contribution is -1.99. The molecular formula is C10H9Br2ClO. The van der Waals surface area contributed by atoms with Gasteiger partial charge in [0, 0.05) is 15.4 Å². The van der Waals surface area contributed by atoms with Gasteiger partial charge in [-0.3, -0.25) is 4.79 Å². The maximum atomic E-state index is 11.1. The molecule has 0 N–H and O–H groups in total. The Labute approximate surface area is 105 Å². The lowest BCUT2D eigenvalue weighted by atomic mass is 10.0. The van der Waals surface area contributed by atoms with Gasteiger partial charge in [-0.05, 0) is 42.1 Å². The molecule has 1 aromatic rings. The van der Waals surface area contributed by atoms with Gasteiger partial charge < -0.3 is 0 Å². The molecule has 0 saturated heterocycles. The second-order valence-corrected chi connectivity index (χ2v) is 4.82. The summed E-state index contributed by atoms with van der Waals surface area (Å²) in [6, 6.07) is 5.49. The van der Waals surface area contributed by atoms with Crippen molar-refractivity contribution in [2.45, 2.75) is 12.8 Å². The van der Waals surface area contributed by atoms with E-state index >= 15 is 0 Å². The zero-order chi connectivity index (χ0) is 10.6. The predicted octanol–water partition coefficient (Wildman–Crippen LogP) is 4.16. The van der Waals surface area contributed by atoms with E-state index in [1.54, 1.807) is 6.07 Å². The lowest BCUT2D eigenvalue weighted by Gasteiger charge is -2.07. The Kier molecular flexibility index (Phi) is 5.13.